The number of carbonyl (C=O) groups is 5. The summed E-state index contributed by atoms with van der Waals surface area (Å²) in [5, 5.41) is 20.0. The molecule has 0 atom stereocenters. The summed E-state index contributed by atoms with van der Waals surface area (Å²) < 4.78 is 38.9. The Morgan fingerprint density at radius 1 is 0.440 bits per heavy atom. The first-order valence-corrected chi connectivity index (χ1v) is 48.1. The van der Waals surface area contributed by atoms with E-state index in [4.69, 9.17) is 11.0 Å². The Morgan fingerprint density at radius 3 is 1.06 bits per heavy atom. The number of halogens is 3. The Morgan fingerprint density at radius 2 is 0.761 bits per heavy atom. The number of urea groups is 4. The number of alkyl halides is 3. The average molecular weight is 1830 g/mol. The number of benzene rings is 5. The second-order valence-electron chi connectivity index (χ2n) is 41.4. The minimum Gasteiger partial charge on any atom is -0.388 e. The number of nitriles is 1. The quantitative estimate of drug-likeness (QED) is 0.0602. The molecule has 4 saturated heterocycles. The fourth-order valence-corrected chi connectivity index (χ4v) is 23.9. The first-order chi connectivity index (χ1) is 64.1. The number of nitrogens with two attached hydrogens (primary N) is 1. The maximum Gasteiger partial charge on any atom is 0.451 e. The number of hydrogen-bond acceptors (Lipinski definition) is 17. The highest BCUT2D eigenvalue weighted by atomic mass is 19.4. The lowest BCUT2D eigenvalue weighted by molar-refractivity contribution is -0.145. The van der Waals surface area contributed by atoms with Crippen LogP contribution in [0.15, 0.2) is 188 Å². The second-order valence-corrected chi connectivity index (χ2v) is 41.4. The zero-order valence-corrected chi connectivity index (χ0v) is 79.5. The summed E-state index contributed by atoms with van der Waals surface area (Å²) in [5.41, 5.74) is 11.1. The van der Waals surface area contributed by atoms with Crippen LogP contribution in [0.4, 0.5) is 55.1 Å². The number of β-amino-alcohol motifs (C(OH)–C–C–N with tert-alkyl or cyclic N) is 1. The van der Waals surface area contributed by atoms with Crippen molar-refractivity contribution < 1.29 is 42.3 Å². The predicted molar refractivity (Wildman–Crippen MR) is 512 cm³/mol. The minimum absolute atomic E-state index is 0.00570. The van der Waals surface area contributed by atoms with Crippen LogP contribution in [0.5, 0.6) is 0 Å². The van der Waals surface area contributed by atoms with E-state index in [0.717, 1.165) is 166 Å². The molecular formula is C104H133F3N20O7. The van der Waals surface area contributed by atoms with Crippen LogP contribution in [-0.2, 0) is 28.3 Å². The molecule has 4 N–H and O–H groups in total. The Kier molecular flexibility index (Phi) is 27.6. The summed E-state index contributed by atoms with van der Waals surface area (Å²) in [6.45, 7) is 9.29. The number of carbonyl (C=O) groups excluding carboxylic acids is 5. The van der Waals surface area contributed by atoms with Crippen molar-refractivity contribution >= 4 is 52.8 Å². The van der Waals surface area contributed by atoms with Gasteiger partial charge in [0.15, 0.2) is 0 Å². The van der Waals surface area contributed by atoms with Crippen molar-refractivity contribution in [3.63, 3.8) is 0 Å². The van der Waals surface area contributed by atoms with E-state index in [1.165, 1.54) is 54.1 Å². The first kappa shape index (κ1) is 95.9. The number of H-pyrrole nitrogens is 1. The number of aliphatic hydroxyl groups is 1. The fraction of sp³-hybridized carbons (Fsp3) is 0.538. The van der Waals surface area contributed by atoms with Crippen LogP contribution < -0.4 is 31.0 Å². The molecular weight excluding hydrogens is 1700 g/mol. The summed E-state index contributed by atoms with van der Waals surface area (Å²) in [6, 6.07) is 51.7. The molecule has 11 fully saturated rings. The smallest absolute Gasteiger partial charge is 0.388 e. The Balaban J connectivity index is 0.000000130. The third-order valence-electron chi connectivity index (χ3n) is 32.9. The molecule has 0 radical (unpaired) electrons. The van der Waals surface area contributed by atoms with E-state index >= 15 is 0 Å². The van der Waals surface area contributed by atoms with Gasteiger partial charge in [-0.1, -0.05) is 148 Å². The van der Waals surface area contributed by atoms with Crippen molar-refractivity contribution in [2.24, 2.45) is 23.5 Å². The van der Waals surface area contributed by atoms with Gasteiger partial charge in [0.2, 0.25) is 17.6 Å². The van der Waals surface area contributed by atoms with Crippen molar-refractivity contribution in [3.8, 4) is 6.07 Å². The largest absolute Gasteiger partial charge is 0.451 e. The highest BCUT2D eigenvalue weighted by molar-refractivity contribution is 5.99. The second kappa shape index (κ2) is 38.5. The molecule has 5 aromatic carbocycles. The molecule has 712 valence electrons. The molecule has 7 saturated carbocycles. The Hall–Kier alpha value is -11.2. The molecule has 8 aromatic rings. The van der Waals surface area contributed by atoms with E-state index in [1.54, 1.807) is 45.4 Å². The van der Waals surface area contributed by atoms with Gasteiger partial charge in [0.1, 0.15) is 6.07 Å². The summed E-state index contributed by atoms with van der Waals surface area (Å²) >= 11 is 0. The van der Waals surface area contributed by atoms with Crippen molar-refractivity contribution in [2.75, 3.05) is 128 Å². The van der Waals surface area contributed by atoms with Gasteiger partial charge in [-0.15, -0.1) is 0 Å². The van der Waals surface area contributed by atoms with Gasteiger partial charge < -0.3 is 35.4 Å². The van der Waals surface area contributed by atoms with Crippen LogP contribution in [0.25, 0.3) is 0 Å². The lowest BCUT2D eigenvalue weighted by Crippen LogP contribution is -2.59. The third kappa shape index (κ3) is 18.5. The Labute approximate surface area is 786 Å². The number of amides is 9. The van der Waals surface area contributed by atoms with Gasteiger partial charge >= 0.3 is 36.0 Å². The van der Waals surface area contributed by atoms with Crippen molar-refractivity contribution in [1.29, 1.82) is 5.26 Å². The maximum absolute atomic E-state index is 13.8. The first-order valence-electron chi connectivity index (χ1n) is 48.1. The van der Waals surface area contributed by atoms with E-state index in [-0.39, 0.29) is 74.3 Å². The zero-order chi connectivity index (χ0) is 95.0. The van der Waals surface area contributed by atoms with E-state index < -0.39 is 29.2 Å². The highest BCUT2D eigenvalue weighted by Gasteiger charge is 2.61. The summed E-state index contributed by atoms with van der Waals surface area (Å²) in [6.07, 6.45) is 28.3. The third-order valence-corrected chi connectivity index (χ3v) is 32.9. The van der Waals surface area contributed by atoms with Crippen LogP contribution in [0, 0.1) is 29.1 Å². The van der Waals surface area contributed by atoms with E-state index in [2.05, 4.69) is 239 Å². The van der Waals surface area contributed by atoms with Gasteiger partial charge in [0, 0.05) is 59.2 Å². The number of nitrogens with zero attached hydrogens (tertiary/aromatic N) is 18. The molecule has 134 heavy (non-hydrogen) atoms. The number of primary amides is 1. The number of rotatable bonds is 21. The monoisotopic (exact) mass is 1830 g/mol. The minimum atomic E-state index is -4.61. The molecule has 4 aliphatic heterocycles. The van der Waals surface area contributed by atoms with Crippen LogP contribution in [0.2, 0.25) is 0 Å². The van der Waals surface area contributed by atoms with Crippen molar-refractivity contribution in [1.82, 2.24) is 69.1 Å². The molecule has 4 spiro atoms. The molecule has 19 rings (SSSR count). The SMILES string of the molecule is CC(C)CN1C(=O)N(c2cnc(C#N)nc2)CC12CCC(c1ccccc1)(N(C)C)CC2.CN(C)C1(c2ccccc2)CCC2(CC1)CN(c1ccc(C(N)=O)cc1)C(=O)N2CC1CCC1.CN(C)C1(c2ccccc2)CCC2(CC1)CN(c1cnc(=O)[nH]c1)C(=O)N2CC1(O)CCC1.CN(C)C1(c2ccccc2)CCC2(CC1)CN(c1cnc(C(F)(F)F)nc1)C(=O)N2CC1CCC1. The summed E-state index contributed by atoms with van der Waals surface area (Å²) in [4.78, 5) is 124. The fourth-order valence-electron chi connectivity index (χ4n) is 23.9. The van der Waals surface area contributed by atoms with Gasteiger partial charge in [-0.2, -0.15) is 23.4 Å². The van der Waals surface area contributed by atoms with Crippen LogP contribution >= 0.6 is 0 Å². The van der Waals surface area contributed by atoms with E-state index in [1.807, 2.05) is 45.0 Å². The van der Waals surface area contributed by atoms with Crippen molar-refractivity contribution in [2.45, 2.75) is 230 Å². The van der Waals surface area contributed by atoms with Gasteiger partial charge in [-0.3, -0.25) is 44.0 Å². The standard InChI is InChI=1S/C28H36N4O2.C26H32F3N5O.C25H32N6O.C25H33N5O3/c1-30(2)28(23-9-4-3-5-10-23)17-15-27(16-18-28)20-31(24-13-11-22(12-14-24)25(29)33)26(34)32(27)19-21-7-6-8-21;1-32(2)25(20-9-4-3-5-10-20)13-11-24(12-14-25)18-33(23(35)34(24)17-19-7-6-8-19)21-15-30-22(31-16-21)26(27,28)29;1-19(2)17-31-23(32)30(21-15-27-22(14-26)28-16-21)18-24(31)10-12-25(13-11-24,29(3)4)20-8-6-5-7-9-20;1-28(2)25(19-7-4-3-5-8-19)13-11-23(12-14-25)17-29(20-15-26-21(31)27-16-20)22(32)30(23)18-24(33)9-6-10-24/h3-5,9-14,21H,6-8,15-20H2,1-2H3,(H2,29,33);3-5,9-10,15-16,19H,6-8,11-14,17-18H2,1-2H3;5-9,15-16,19H,10-13,17-18H2,1-4H3;3-5,7-8,15-16,33H,6,9-14,17-18H2,1-2H3,(H,26,27,31). The summed E-state index contributed by atoms with van der Waals surface area (Å²) in [5.74, 6) is -0.0316. The molecule has 11 aliphatic rings. The zero-order valence-electron chi connectivity index (χ0n) is 79.5. The number of hydrogen-bond donors (Lipinski definition) is 3. The molecule has 0 bridgehead atoms. The molecule has 7 heterocycles. The van der Waals surface area contributed by atoms with E-state index in [9.17, 15) is 47.0 Å². The molecule has 0 unspecified atom stereocenters. The van der Waals surface area contributed by atoms with E-state index in [0.29, 0.717) is 79.6 Å². The molecule has 7 aliphatic carbocycles. The van der Waals surface area contributed by atoms with Gasteiger partial charge in [0.25, 0.3) is 0 Å². The van der Waals surface area contributed by atoms with Crippen LogP contribution in [0.1, 0.15) is 219 Å². The van der Waals surface area contributed by atoms with Gasteiger partial charge in [0.05, 0.1) is 109 Å². The van der Waals surface area contributed by atoms with Crippen LogP contribution in [-0.4, -0.2) is 241 Å². The van der Waals surface area contributed by atoms with Gasteiger partial charge in [-0.25, -0.2) is 43.9 Å². The number of anilines is 4. The lowest BCUT2D eigenvalue weighted by atomic mass is 9.67. The Bertz CT molecular complexity index is 5490. The topological polar surface area (TPSA) is 292 Å². The average Bonchev–Trinajstić information content (AvgIpc) is 1.59. The molecule has 9 amide bonds. The molecule has 30 heteroatoms. The molecule has 3 aromatic heterocycles. The van der Waals surface area contributed by atoms with Crippen molar-refractivity contribution in [3.05, 3.63) is 233 Å². The number of nitrogens with one attached hydrogen (secondary N) is 1. The normalized spacial score (nSPS) is 27.5. The maximum atomic E-state index is 13.8. The molecule has 27 nitrogen and oxygen atoms in total. The van der Waals surface area contributed by atoms with Gasteiger partial charge in [-0.05, 0) is 268 Å². The summed E-state index contributed by atoms with van der Waals surface area (Å²) in [7, 11) is 17.2. The highest BCUT2D eigenvalue weighted by Crippen LogP contribution is 2.56. The number of aromatic amines is 1. The van der Waals surface area contributed by atoms with Crippen LogP contribution in [0.3, 0.4) is 0 Å². The number of aromatic nitrogens is 6. The predicted octanol–water partition coefficient (Wildman–Crippen LogP) is 16.6. The lowest BCUT2D eigenvalue weighted by Gasteiger charge is -2.52.